The van der Waals surface area contributed by atoms with E-state index in [0.29, 0.717) is 11.4 Å². The first kappa shape index (κ1) is 17.3. The maximum absolute atomic E-state index is 12.1. The molecule has 126 valence electrons. The molecule has 2 aromatic rings. The molecule has 6 heteroatoms. The maximum Gasteiger partial charge on any atom is 0.342 e. The molecule has 1 amide bonds. The van der Waals surface area contributed by atoms with E-state index < -0.39 is 18.0 Å². The first-order valence-electron chi connectivity index (χ1n) is 7.36. The standard InChI is InChI=1S/C18H19NO5/c1-11-4-6-13(7-5-11)19-17(21)12(2)24-18(22)15-9-8-14(23-3)10-16(15)20/h4-10,12,20H,1-3H3,(H,19,21)/t12-/m0/s1. The Labute approximate surface area is 140 Å². The monoisotopic (exact) mass is 329 g/mol. The van der Waals surface area contributed by atoms with E-state index in [1.54, 1.807) is 12.1 Å². The Morgan fingerprint density at radius 2 is 1.79 bits per heavy atom. The molecule has 2 rings (SSSR count). The van der Waals surface area contributed by atoms with Gasteiger partial charge in [-0.15, -0.1) is 0 Å². The number of rotatable bonds is 5. The number of hydrogen-bond acceptors (Lipinski definition) is 5. The molecule has 0 unspecified atom stereocenters. The van der Waals surface area contributed by atoms with Crippen molar-refractivity contribution >= 4 is 17.6 Å². The molecular weight excluding hydrogens is 310 g/mol. The van der Waals surface area contributed by atoms with Crippen molar-refractivity contribution in [2.75, 3.05) is 12.4 Å². The summed E-state index contributed by atoms with van der Waals surface area (Å²) in [6.07, 6.45) is -1.01. The van der Waals surface area contributed by atoms with Crippen LogP contribution in [0.3, 0.4) is 0 Å². The highest BCUT2D eigenvalue weighted by molar-refractivity contribution is 5.98. The fraction of sp³-hybridized carbons (Fsp3) is 0.222. The number of ether oxygens (including phenoxy) is 2. The largest absolute Gasteiger partial charge is 0.507 e. The van der Waals surface area contributed by atoms with E-state index in [4.69, 9.17) is 9.47 Å². The predicted octanol–water partition coefficient (Wildman–Crippen LogP) is 2.89. The average molecular weight is 329 g/mol. The molecule has 0 aromatic heterocycles. The molecule has 1 atom stereocenters. The number of carbonyl (C=O) groups excluding carboxylic acids is 2. The lowest BCUT2D eigenvalue weighted by atomic mass is 10.2. The highest BCUT2D eigenvalue weighted by Gasteiger charge is 2.21. The van der Waals surface area contributed by atoms with Crippen LogP contribution in [0, 0.1) is 6.92 Å². The van der Waals surface area contributed by atoms with E-state index in [-0.39, 0.29) is 11.3 Å². The number of aromatic hydroxyl groups is 1. The Morgan fingerprint density at radius 3 is 2.38 bits per heavy atom. The van der Waals surface area contributed by atoms with Gasteiger partial charge in [-0.1, -0.05) is 17.7 Å². The normalized spacial score (nSPS) is 11.5. The Balaban J connectivity index is 2.00. The third kappa shape index (κ3) is 4.25. The van der Waals surface area contributed by atoms with Gasteiger partial charge in [0.05, 0.1) is 7.11 Å². The Hall–Kier alpha value is -3.02. The van der Waals surface area contributed by atoms with Crippen molar-refractivity contribution in [3.63, 3.8) is 0 Å². The minimum absolute atomic E-state index is 0.0363. The van der Waals surface area contributed by atoms with Crippen LogP contribution in [-0.4, -0.2) is 30.2 Å². The SMILES string of the molecule is COc1ccc(C(=O)O[C@@H](C)C(=O)Nc2ccc(C)cc2)c(O)c1. The number of benzene rings is 2. The summed E-state index contributed by atoms with van der Waals surface area (Å²) >= 11 is 0. The number of anilines is 1. The van der Waals surface area contributed by atoms with Gasteiger partial charge in [-0.3, -0.25) is 4.79 Å². The van der Waals surface area contributed by atoms with Crippen molar-refractivity contribution in [1.82, 2.24) is 0 Å². The fourth-order valence-electron chi connectivity index (χ4n) is 1.97. The molecule has 2 aromatic carbocycles. The Morgan fingerprint density at radius 1 is 1.12 bits per heavy atom. The fourth-order valence-corrected chi connectivity index (χ4v) is 1.97. The molecule has 0 spiro atoms. The smallest absolute Gasteiger partial charge is 0.342 e. The number of carbonyl (C=O) groups is 2. The minimum atomic E-state index is -1.01. The topological polar surface area (TPSA) is 84.9 Å². The molecule has 0 saturated heterocycles. The van der Waals surface area contributed by atoms with Gasteiger partial charge in [-0.2, -0.15) is 0 Å². The van der Waals surface area contributed by atoms with Crippen LogP contribution in [0.1, 0.15) is 22.8 Å². The predicted molar refractivity (Wildman–Crippen MR) is 89.3 cm³/mol. The van der Waals surface area contributed by atoms with Crippen molar-refractivity contribution in [3.05, 3.63) is 53.6 Å². The van der Waals surface area contributed by atoms with Gasteiger partial charge in [0.25, 0.3) is 5.91 Å². The van der Waals surface area contributed by atoms with Gasteiger partial charge in [0.15, 0.2) is 6.10 Å². The number of methoxy groups -OCH3 is 1. The second kappa shape index (κ2) is 7.50. The number of phenols is 1. The van der Waals surface area contributed by atoms with Crippen molar-refractivity contribution in [3.8, 4) is 11.5 Å². The van der Waals surface area contributed by atoms with Crippen LogP contribution in [-0.2, 0) is 9.53 Å². The van der Waals surface area contributed by atoms with E-state index in [9.17, 15) is 14.7 Å². The minimum Gasteiger partial charge on any atom is -0.507 e. The van der Waals surface area contributed by atoms with E-state index in [0.717, 1.165) is 5.56 Å². The summed E-state index contributed by atoms with van der Waals surface area (Å²) in [7, 11) is 1.45. The second-order valence-electron chi connectivity index (χ2n) is 5.29. The summed E-state index contributed by atoms with van der Waals surface area (Å²) in [5, 5.41) is 12.5. The van der Waals surface area contributed by atoms with Gasteiger partial charge in [-0.25, -0.2) is 4.79 Å². The van der Waals surface area contributed by atoms with Gasteiger partial charge in [-0.05, 0) is 38.1 Å². The zero-order valence-corrected chi connectivity index (χ0v) is 13.7. The summed E-state index contributed by atoms with van der Waals surface area (Å²) in [6, 6.07) is 11.4. The summed E-state index contributed by atoms with van der Waals surface area (Å²) in [4.78, 5) is 24.2. The quantitative estimate of drug-likeness (QED) is 0.824. The molecular formula is C18H19NO5. The summed E-state index contributed by atoms with van der Waals surface area (Å²) in [6.45, 7) is 3.40. The van der Waals surface area contributed by atoms with E-state index >= 15 is 0 Å². The Kier molecular flexibility index (Phi) is 5.42. The zero-order chi connectivity index (χ0) is 17.7. The summed E-state index contributed by atoms with van der Waals surface area (Å²) in [5.74, 6) is -1.11. The van der Waals surface area contributed by atoms with Gasteiger partial charge in [0.1, 0.15) is 17.1 Å². The molecule has 0 saturated carbocycles. The van der Waals surface area contributed by atoms with Crippen molar-refractivity contribution in [1.29, 1.82) is 0 Å². The number of nitrogens with one attached hydrogen (secondary N) is 1. The molecule has 0 heterocycles. The molecule has 0 aliphatic heterocycles. The molecule has 0 aliphatic carbocycles. The van der Waals surface area contributed by atoms with Crippen molar-refractivity contribution in [2.24, 2.45) is 0 Å². The first-order chi connectivity index (χ1) is 11.4. The van der Waals surface area contributed by atoms with Crippen LogP contribution in [0.15, 0.2) is 42.5 Å². The van der Waals surface area contributed by atoms with Crippen molar-refractivity contribution in [2.45, 2.75) is 20.0 Å². The molecule has 24 heavy (non-hydrogen) atoms. The molecule has 0 fully saturated rings. The van der Waals surface area contributed by atoms with E-state index in [2.05, 4.69) is 5.32 Å². The molecule has 6 nitrogen and oxygen atoms in total. The molecule has 0 radical (unpaired) electrons. The number of phenolic OH excluding ortho intramolecular Hbond substituents is 1. The van der Waals surface area contributed by atoms with Crippen LogP contribution in [0.4, 0.5) is 5.69 Å². The van der Waals surface area contributed by atoms with Gasteiger partial charge in [0, 0.05) is 11.8 Å². The van der Waals surface area contributed by atoms with Crippen LogP contribution in [0.25, 0.3) is 0 Å². The first-order valence-corrected chi connectivity index (χ1v) is 7.36. The van der Waals surface area contributed by atoms with Gasteiger partial charge >= 0.3 is 5.97 Å². The van der Waals surface area contributed by atoms with Crippen LogP contribution in [0.2, 0.25) is 0 Å². The third-order valence-corrected chi connectivity index (χ3v) is 3.40. The number of esters is 1. The van der Waals surface area contributed by atoms with Gasteiger partial charge in [0.2, 0.25) is 0 Å². The number of aryl methyl sites for hydroxylation is 1. The number of hydrogen-bond donors (Lipinski definition) is 2. The van der Waals surface area contributed by atoms with Crippen LogP contribution < -0.4 is 10.1 Å². The summed E-state index contributed by atoms with van der Waals surface area (Å²) in [5.41, 5.74) is 1.65. The average Bonchev–Trinajstić information content (AvgIpc) is 2.56. The molecule has 2 N–H and O–H groups in total. The highest BCUT2D eigenvalue weighted by Crippen LogP contribution is 2.24. The number of amides is 1. The van der Waals surface area contributed by atoms with Crippen LogP contribution >= 0.6 is 0 Å². The van der Waals surface area contributed by atoms with Gasteiger partial charge < -0.3 is 19.9 Å². The molecule has 0 aliphatic rings. The van der Waals surface area contributed by atoms with E-state index in [1.807, 2.05) is 19.1 Å². The zero-order valence-electron chi connectivity index (χ0n) is 13.7. The lowest BCUT2D eigenvalue weighted by molar-refractivity contribution is -0.123. The molecule has 0 bridgehead atoms. The van der Waals surface area contributed by atoms with Crippen molar-refractivity contribution < 1.29 is 24.2 Å². The maximum atomic E-state index is 12.1. The second-order valence-corrected chi connectivity index (χ2v) is 5.29. The third-order valence-electron chi connectivity index (χ3n) is 3.40. The van der Waals surface area contributed by atoms with E-state index in [1.165, 1.54) is 32.2 Å². The lowest BCUT2D eigenvalue weighted by Gasteiger charge is -2.14. The highest BCUT2D eigenvalue weighted by atomic mass is 16.5. The summed E-state index contributed by atoms with van der Waals surface area (Å²) < 4.78 is 10.0. The Bertz CT molecular complexity index is 740. The van der Waals surface area contributed by atoms with Crippen LogP contribution in [0.5, 0.6) is 11.5 Å². The lowest BCUT2D eigenvalue weighted by Crippen LogP contribution is -2.30.